The zero-order valence-electron chi connectivity index (χ0n) is 27.6. The number of benzene rings is 3. The van der Waals surface area contributed by atoms with Crippen LogP contribution in [0.3, 0.4) is 0 Å². The normalized spacial score (nSPS) is 17.2. The summed E-state index contributed by atoms with van der Waals surface area (Å²) in [6.45, 7) is 10.5. The lowest BCUT2D eigenvalue weighted by Crippen LogP contribution is -2.23. The summed E-state index contributed by atoms with van der Waals surface area (Å²) in [6.07, 6.45) is 10.5. The number of carbonyl (C=O) groups is 1. The molecule has 3 aromatic carbocycles. The van der Waals surface area contributed by atoms with Crippen LogP contribution in [0.4, 0.5) is 8.78 Å². The molecule has 1 aliphatic carbocycles. The molecule has 0 aliphatic heterocycles. The molecule has 0 radical (unpaired) electrons. The van der Waals surface area contributed by atoms with Crippen LogP contribution in [-0.2, 0) is 27.1 Å². The van der Waals surface area contributed by atoms with Gasteiger partial charge in [0, 0.05) is 29.7 Å². The maximum Gasteiger partial charge on any atom is 0.333 e. The predicted molar refractivity (Wildman–Crippen MR) is 180 cm³/mol. The third-order valence-corrected chi connectivity index (χ3v) is 9.41. The number of carbonyl (C=O) groups excluding carboxylic acids is 1. The Bertz CT molecular complexity index is 1440. The Morgan fingerprint density at radius 1 is 0.867 bits per heavy atom. The summed E-state index contributed by atoms with van der Waals surface area (Å²) in [5.41, 5.74) is 6.39. The highest BCUT2D eigenvalue weighted by molar-refractivity contribution is 5.86. The second kappa shape index (κ2) is 16.8. The average Bonchev–Trinajstić information content (AvgIpc) is 3.04. The van der Waals surface area contributed by atoms with E-state index in [0.717, 1.165) is 56.1 Å². The van der Waals surface area contributed by atoms with Crippen LogP contribution in [0, 0.1) is 23.5 Å². The molecular formula is C40H50F2O3. The summed E-state index contributed by atoms with van der Waals surface area (Å²) in [7, 11) is 1.67. The molecule has 0 aromatic heterocycles. The van der Waals surface area contributed by atoms with Crippen LogP contribution in [0.25, 0.3) is 22.3 Å². The smallest absolute Gasteiger partial charge is 0.333 e. The van der Waals surface area contributed by atoms with Crippen molar-refractivity contribution in [3.8, 4) is 22.3 Å². The van der Waals surface area contributed by atoms with Gasteiger partial charge in [-0.05, 0) is 110 Å². The molecule has 1 fully saturated rings. The highest BCUT2D eigenvalue weighted by Crippen LogP contribution is 2.40. The van der Waals surface area contributed by atoms with Gasteiger partial charge in [0.05, 0.1) is 13.2 Å². The number of ether oxygens (including phenoxy) is 2. The van der Waals surface area contributed by atoms with Crippen LogP contribution in [0.2, 0.25) is 0 Å². The van der Waals surface area contributed by atoms with E-state index >= 15 is 8.78 Å². The summed E-state index contributed by atoms with van der Waals surface area (Å²) in [4.78, 5) is 11.8. The SMILES string of the molecule is C=C(C)C(=O)OCC(COC)CC1CCC(c2ccc(-c3ccc(-c4ccc(CCCCC)c(CC)c4)c(F)c3)c(F)c2)CC1. The first kappa shape index (κ1) is 34.6. The second-order valence-electron chi connectivity index (χ2n) is 12.9. The van der Waals surface area contributed by atoms with Crippen LogP contribution in [0.1, 0.15) is 94.7 Å². The number of hydrogen-bond acceptors (Lipinski definition) is 3. The van der Waals surface area contributed by atoms with E-state index in [-0.39, 0.29) is 23.5 Å². The quantitative estimate of drug-likeness (QED) is 0.0968. The molecule has 0 saturated heterocycles. The molecule has 3 nitrogen and oxygen atoms in total. The molecule has 45 heavy (non-hydrogen) atoms. The monoisotopic (exact) mass is 616 g/mol. The molecule has 1 atom stereocenters. The van der Waals surface area contributed by atoms with Crippen LogP contribution >= 0.6 is 0 Å². The van der Waals surface area contributed by atoms with Crippen molar-refractivity contribution in [1.82, 2.24) is 0 Å². The van der Waals surface area contributed by atoms with E-state index in [1.54, 1.807) is 32.2 Å². The van der Waals surface area contributed by atoms with Gasteiger partial charge in [-0.2, -0.15) is 0 Å². The van der Waals surface area contributed by atoms with Crippen molar-refractivity contribution in [1.29, 1.82) is 0 Å². The molecule has 1 unspecified atom stereocenters. The fraction of sp³-hybridized carbons (Fsp3) is 0.475. The lowest BCUT2D eigenvalue weighted by Gasteiger charge is -2.31. The molecular weight excluding hydrogens is 566 g/mol. The van der Waals surface area contributed by atoms with E-state index in [9.17, 15) is 4.79 Å². The van der Waals surface area contributed by atoms with Crippen LogP contribution < -0.4 is 0 Å². The molecule has 0 N–H and O–H groups in total. The van der Waals surface area contributed by atoms with Gasteiger partial charge in [-0.15, -0.1) is 0 Å². The van der Waals surface area contributed by atoms with Gasteiger partial charge in [-0.3, -0.25) is 0 Å². The van der Waals surface area contributed by atoms with E-state index in [4.69, 9.17) is 9.47 Å². The third-order valence-electron chi connectivity index (χ3n) is 9.41. The summed E-state index contributed by atoms with van der Waals surface area (Å²) in [5, 5.41) is 0. The molecule has 4 rings (SSSR count). The zero-order chi connectivity index (χ0) is 32.3. The lowest BCUT2D eigenvalue weighted by molar-refractivity contribution is -0.141. The molecule has 0 bridgehead atoms. The Balaban J connectivity index is 1.39. The third kappa shape index (κ3) is 9.36. The van der Waals surface area contributed by atoms with E-state index in [2.05, 4.69) is 32.6 Å². The van der Waals surface area contributed by atoms with E-state index in [0.29, 0.717) is 47.3 Å². The Hall–Kier alpha value is -3.31. The van der Waals surface area contributed by atoms with Gasteiger partial charge in [0.1, 0.15) is 11.6 Å². The fourth-order valence-electron chi connectivity index (χ4n) is 6.81. The van der Waals surface area contributed by atoms with Crippen molar-refractivity contribution < 1.29 is 23.0 Å². The van der Waals surface area contributed by atoms with Crippen molar-refractivity contribution in [2.24, 2.45) is 11.8 Å². The average molecular weight is 617 g/mol. The number of unbranched alkanes of at least 4 members (excludes halogenated alkanes) is 2. The first-order valence-corrected chi connectivity index (χ1v) is 16.8. The molecule has 1 aliphatic rings. The van der Waals surface area contributed by atoms with Crippen LogP contribution in [-0.4, -0.2) is 26.3 Å². The molecule has 5 heteroatoms. The van der Waals surface area contributed by atoms with Crippen molar-refractivity contribution >= 4 is 5.97 Å². The lowest BCUT2D eigenvalue weighted by atomic mass is 9.75. The van der Waals surface area contributed by atoms with Gasteiger partial charge < -0.3 is 9.47 Å². The van der Waals surface area contributed by atoms with Crippen molar-refractivity contribution in [3.05, 3.63) is 95.1 Å². The largest absolute Gasteiger partial charge is 0.462 e. The van der Waals surface area contributed by atoms with Gasteiger partial charge in [-0.1, -0.05) is 75.7 Å². The Morgan fingerprint density at radius 2 is 1.53 bits per heavy atom. The number of halogens is 2. The minimum Gasteiger partial charge on any atom is -0.462 e. The van der Waals surface area contributed by atoms with E-state index in [1.807, 2.05) is 18.2 Å². The predicted octanol–water partition coefficient (Wildman–Crippen LogP) is 10.6. The van der Waals surface area contributed by atoms with Crippen LogP contribution in [0.5, 0.6) is 0 Å². The Kier molecular flexibility index (Phi) is 12.9. The van der Waals surface area contributed by atoms with E-state index in [1.165, 1.54) is 36.5 Å². The van der Waals surface area contributed by atoms with Gasteiger partial charge in [0.2, 0.25) is 0 Å². The fourth-order valence-corrected chi connectivity index (χ4v) is 6.81. The summed E-state index contributed by atoms with van der Waals surface area (Å²) >= 11 is 0. The first-order chi connectivity index (χ1) is 21.7. The Morgan fingerprint density at radius 3 is 2.16 bits per heavy atom. The first-order valence-electron chi connectivity index (χ1n) is 16.8. The summed E-state index contributed by atoms with van der Waals surface area (Å²) < 4.78 is 41.7. The zero-order valence-corrected chi connectivity index (χ0v) is 27.6. The number of aryl methyl sites for hydroxylation is 2. The van der Waals surface area contributed by atoms with Gasteiger partial charge in [-0.25, -0.2) is 13.6 Å². The van der Waals surface area contributed by atoms with Crippen molar-refractivity contribution in [2.45, 2.75) is 90.9 Å². The van der Waals surface area contributed by atoms with Gasteiger partial charge >= 0.3 is 5.97 Å². The minimum absolute atomic E-state index is 0.145. The second-order valence-corrected chi connectivity index (χ2v) is 12.9. The molecule has 242 valence electrons. The number of methoxy groups -OCH3 is 1. The molecule has 3 aromatic rings. The number of hydrogen-bond donors (Lipinski definition) is 0. The minimum atomic E-state index is -0.364. The molecule has 1 saturated carbocycles. The summed E-state index contributed by atoms with van der Waals surface area (Å²) in [5.74, 6) is -0.0588. The number of esters is 1. The molecule has 0 heterocycles. The maximum atomic E-state index is 15.5. The maximum absolute atomic E-state index is 15.5. The van der Waals surface area contributed by atoms with E-state index < -0.39 is 0 Å². The number of rotatable bonds is 15. The van der Waals surface area contributed by atoms with Crippen molar-refractivity contribution in [2.75, 3.05) is 20.3 Å². The molecule has 0 amide bonds. The topological polar surface area (TPSA) is 35.5 Å². The van der Waals surface area contributed by atoms with Crippen LogP contribution in [0.15, 0.2) is 66.7 Å². The highest BCUT2D eigenvalue weighted by Gasteiger charge is 2.26. The standard InChI is InChI=1S/C40H50F2O3/c1-6-8-9-10-31-15-16-34(22-30(31)7-2)36-20-18-35(24-39(36)42)37-19-17-33(23-38(37)41)32-13-11-28(12-14-32)21-29(25-44-5)26-45-40(43)27(3)4/h15-20,22-24,28-29,32H,3,6-14,21,25-26H2,1-2,4-5H3. The van der Waals surface area contributed by atoms with Gasteiger partial charge in [0.25, 0.3) is 0 Å². The summed E-state index contributed by atoms with van der Waals surface area (Å²) in [6, 6.07) is 16.8. The van der Waals surface area contributed by atoms with Crippen molar-refractivity contribution in [3.63, 3.8) is 0 Å². The highest BCUT2D eigenvalue weighted by atomic mass is 19.1. The Labute approximate surface area is 269 Å². The van der Waals surface area contributed by atoms with Gasteiger partial charge in [0.15, 0.2) is 0 Å². The molecule has 0 spiro atoms.